The van der Waals surface area contributed by atoms with Crippen LogP contribution in [0.5, 0.6) is 0 Å². The highest BCUT2D eigenvalue weighted by atomic mass is 35.5. The Morgan fingerprint density at radius 3 is 2.61 bits per heavy atom. The van der Waals surface area contributed by atoms with Crippen LogP contribution in [0.4, 0.5) is 0 Å². The summed E-state index contributed by atoms with van der Waals surface area (Å²) in [4.78, 5) is 23.8. The van der Waals surface area contributed by atoms with Crippen molar-refractivity contribution in [1.82, 2.24) is 0 Å². The number of rotatable bonds is 2. The lowest BCUT2D eigenvalue weighted by Gasteiger charge is -2.38. The first-order chi connectivity index (χ1) is 11.0. The SMILES string of the molecule is CC(=O)O[C@@H]1C(=O)C=C[C@@]2(c3ccccc3)OC/C(=C(\C)Cl)[C@@H]12. The summed E-state index contributed by atoms with van der Waals surface area (Å²) in [6, 6.07) is 9.60. The highest BCUT2D eigenvalue weighted by Gasteiger charge is 2.56. The molecule has 0 radical (unpaired) electrons. The topological polar surface area (TPSA) is 52.6 Å². The van der Waals surface area contributed by atoms with Crippen molar-refractivity contribution >= 4 is 23.4 Å². The molecule has 4 nitrogen and oxygen atoms in total. The first-order valence-corrected chi connectivity index (χ1v) is 7.78. The zero-order valence-electron chi connectivity index (χ0n) is 12.9. The van der Waals surface area contributed by atoms with Gasteiger partial charge in [0.2, 0.25) is 0 Å². The summed E-state index contributed by atoms with van der Waals surface area (Å²) in [7, 11) is 0. The maximum absolute atomic E-state index is 12.3. The van der Waals surface area contributed by atoms with Gasteiger partial charge in [0.05, 0.1) is 12.5 Å². The standard InChI is InChI=1S/C18H17ClO4/c1-11(19)14-10-22-18(13-6-4-3-5-7-13)9-8-15(21)17(16(14)18)23-12(2)20/h3-9,16-17H,10H2,1-2H3/b14-11-/t16-,17+,18-/m0/s1. The Morgan fingerprint density at radius 2 is 2.00 bits per heavy atom. The number of halogens is 1. The number of ketones is 1. The molecule has 0 saturated carbocycles. The molecule has 1 fully saturated rings. The maximum Gasteiger partial charge on any atom is 0.303 e. The average Bonchev–Trinajstić information content (AvgIpc) is 2.92. The van der Waals surface area contributed by atoms with Crippen LogP contribution in [0.3, 0.4) is 0 Å². The van der Waals surface area contributed by atoms with E-state index in [9.17, 15) is 9.59 Å². The average molecular weight is 333 g/mol. The minimum Gasteiger partial charge on any atom is -0.453 e. The molecule has 1 heterocycles. The van der Waals surface area contributed by atoms with Gasteiger partial charge in [0.15, 0.2) is 11.9 Å². The van der Waals surface area contributed by atoms with Crippen molar-refractivity contribution in [2.24, 2.45) is 5.92 Å². The van der Waals surface area contributed by atoms with Crippen LogP contribution in [0, 0.1) is 5.92 Å². The molecule has 0 bridgehead atoms. The third-order valence-corrected chi connectivity index (χ3v) is 4.59. The van der Waals surface area contributed by atoms with Crippen LogP contribution in [0.1, 0.15) is 19.4 Å². The van der Waals surface area contributed by atoms with Crippen molar-refractivity contribution in [3.63, 3.8) is 0 Å². The molecule has 0 aromatic heterocycles. The summed E-state index contributed by atoms with van der Waals surface area (Å²) in [6.45, 7) is 3.35. The number of ether oxygens (including phenoxy) is 2. The predicted molar refractivity (Wildman–Crippen MR) is 85.8 cm³/mol. The minimum atomic E-state index is -0.927. The second kappa shape index (κ2) is 5.95. The van der Waals surface area contributed by atoms with Crippen LogP contribution >= 0.6 is 11.6 Å². The number of esters is 1. The van der Waals surface area contributed by atoms with Gasteiger partial charge in [-0.15, -0.1) is 0 Å². The van der Waals surface area contributed by atoms with Gasteiger partial charge in [0.1, 0.15) is 5.60 Å². The summed E-state index contributed by atoms with van der Waals surface area (Å²) in [5.41, 5.74) is 0.846. The Morgan fingerprint density at radius 1 is 1.30 bits per heavy atom. The van der Waals surface area contributed by atoms with Crippen molar-refractivity contribution in [1.29, 1.82) is 0 Å². The Labute approximate surface area is 139 Å². The van der Waals surface area contributed by atoms with Crippen LogP contribution in [-0.4, -0.2) is 24.5 Å². The second-order valence-corrected chi connectivity index (χ2v) is 6.32. The van der Waals surface area contributed by atoms with Crippen molar-refractivity contribution in [3.05, 3.63) is 58.7 Å². The zero-order valence-corrected chi connectivity index (χ0v) is 13.7. The molecule has 0 spiro atoms. The van der Waals surface area contributed by atoms with Crippen LogP contribution in [0.15, 0.2) is 53.1 Å². The smallest absolute Gasteiger partial charge is 0.303 e. The zero-order chi connectivity index (χ0) is 16.6. The van der Waals surface area contributed by atoms with E-state index in [-0.39, 0.29) is 5.78 Å². The number of allylic oxidation sites excluding steroid dienone is 1. The lowest BCUT2D eigenvalue weighted by atomic mass is 9.71. The molecule has 3 rings (SSSR count). The van der Waals surface area contributed by atoms with E-state index >= 15 is 0 Å². The van der Waals surface area contributed by atoms with Crippen LogP contribution in [0.2, 0.25) is 0 Å². The molecular weight excluding hydrogens is 316 g/mol. The lowest BCUT2D eigenvalue weighted by molar-refractivity contribution is -0.158. The molecule has 0 amide bonds. The molecule has 120 valence electrons. The molecule has 1 aromatic carbocycles. The van der Waals surface area contributed by atoms with Crippen LogP contribution < -0.4 is 0 Å². The molecule has 1 aromatic rings. The monoisotopic (exact) mass is 332 g/mol. The van der Waals surface area contributed by atoms with Gasteiger partial charge in [-0.2, -0.15) is 0 Å². The van der Waals surface area contributed by atoms with Gasteiger partial charge in [-0.1, -0.05) is 41.9 Å². The first-order valence-electron chi connectivity index (χ1n) is 7.40. The number of carbonyl (C=O) groups excluding carboxylic acids is 2. The van der Waals surface area contributed by atoms with Gasteiger partial charge in [-0.3, -0.25) is 9.59 Å². The summed E-state index contributed by atoms with van der Waals surface area (Å²) < 4.78 is 11.4. The van der Waals surface area contributed by atoms with E-state index in [0.717, 1.165) is 11.1 Å². The highest BCUT2D eigenvalue weighted by Crippen LogP contribution is 2.51. The quantitative estimate of drug-likeness (QED) is 0.781. The molecule has 1 aliphatic heterocycles. The number of hydrogen-bond donors (Lipinski definition) is 0. The molecular formula is C18H17ClO4. The summed E-state index contributed by atoms with van der Waals surface area (Å²) in [5, 5.41) is 0.563. The fourth-order valence-corrected chi connectivity index (χ4v) is 3.51. The molecule has 0 N–H and O–H groups in total. The van der Waals surface area contributed by atoms with Crippen molar-refractivity contribution in [3.8, 4) is 0 Å². The van der Waals surface area contributed by atoms with E-state index in [1.165, 1.54) is 13.0 Å². The molecule has 1 saturated heterocycles. The number of hydrogen-bond acceptors (Lipinski definition) is 4. The maximum atomic E-state index is 12.3. The van der Waals surface area contributed by atoms with Crippen molar-refractivity contribution < 1.29 is 19.1 Å². The van der Waals surface area contributed by atoms with E-state index in [4.69, 9.17) is 21.1 Å². The van der Waals surface area contributed by atoms with E-state index < -0.39 is 23.6 Å². The van der Waals surface area contributed by atoms with Crippen LogP contribution in [0.25, 0.3) is 0 Å². The summed E-state index contributed by atoms with van der Waals surface area (Å²) in [5.74, 6) is -1.21. The van der Waals surface area contributed by atoms with E-state index in [1.54, 1.807) is 13.0 Å². The summed E-state index contributed by atoms with van der Waals surface area (Å²) >= 11 is 6.23. The van der Waals surface area contributed by atoms with Crippen molar-refractivity contribution in [2.75, 3.05) is 6.61 Å². The minimum absolute atomic E-state index is 0.252. The van der Waals surface area contributed by atoms with Gasteiger partial charge >= 0.3 is 5.97 Å². The normalized spacial score (nSPS) is 31.7. The van der Waals surface area contributed by atoms with Gasteiger partial charge in [-0.25, -0.2) is 0 Å². The van der Waals surface area contributed by atoms with E-state index in [0.29, 0.717) is 11.6 Å². The fourth-order valence-electron chi connectivity index (χ4n) is 3.34. The first kappa shape index (κ1) is 16.0. The fraction of sp³-hybridized carbons (Fsp3) is 0.333. The molecule has 5 heteroatoms. The largest absolute Gasteiger partial charge is 0.453 e. The van der Waals surface area contributed by atoms with E-state index in [2.05, 4.69) is 0 Å². The van der Waals surface area contributed by atoms with Crippen molar-refractivity contribution in [2.45, 2.75) is 25.6 Å². The number of fused-ring (bicyclic) bond motifs is 1. The third kappa shape index (κ3) is 2.62. The molecule has 2 aliphatic rings. The van der Waals surface area contributed by atoms with Gasteiger partial charge in [0.25, 0.3) is 0 Å². The number of carbonyl (C=O) groups is 2. The Kier molecular flexibility index (Phi) is 4.13. The number of benzene rings is 1. The van der Waals surface area contributed by atoms with Gasteiger partial charge in [-0.05, 0) is 30.2 Å². The van der Waals surface area contributed by atoms with Gasteiger partial charge < -0.3 is 9.47 Å². The Hall–Kier alpha value is -1.91. The van der Waals surface area contributed by atoms with Crippen LogP contribution in [-0.2, 0) is 24.7 Å². The highest BCUT2D eigenvalue weighted by molar-refractivity contribution is 6.29. The van der Waals surface area contributed by atoms with Gasteiger partial charge in [0, 0.05) is 12.0 Å². The van der Waals surface area contributed by atoms with E-state index in [1.807, 2.05) is 30.3 Å². The Bertz CT molecular complexity index is 703. The third-order valence-electron chi connectivity index (χ3n) is 4.34. The second-order valence-electron chi connectivity index (χ2n) is 5.75. The Balaban J connectivity index is 2.18. The lowest BCUT2D eigenvalue weighted by Crippen LogP contribution is -2.47. The molecule has 3 atom stereocenters. The molecule has 1 aliphatic carbocycles. The molecule has 0 unspecified atom stereocenters. The molecule has 23 heavy (non-hydrogen) atoms. The predicted octanol–water partition coefficient (Wildman–Crippen LogP) is 3.11. The summed E-state index contributed by atoms with van der Waals surface area (Å²) in [6.07, 6.45) is 2.26.